The van der Waals surface area contributed by atoms with Crippen molar-refractivity contribution in [2.24, 2.45) is 17.0 Å². The van der Waals surface area contributed by atoms with Gasteiger partial charge in [-0.2, -0.15) is 0 Å². The molecule has 3 atom stereocenters. The van der Waals surface area contributed by atoms with Gasteiger partial charge in [-0.1, -0.05) is 13.0 Å². The van der Waals surface area contributed by atoms with E-state index in [2.05, 4.69) is 4.98 Å². The average molecular weight is 311 g/mol. The second kappa shape index (κ2) is 6.11. The van der Waals surface area contributed by atoms with Crippen molar-refractivity contribution < 1.29 is 13.2 Å². The first-order valence-corrected chi connectivity index (χ1v) is 8.69. The lowest BCUT2D eigenvalue weighted by Crippen LogP contribution is -2.33. The van der Waals surface area contributed by atoms with Crippen molar-refractivity contribution in [1.29, 1.82) is 0 Å². The van der Waals surface area contributed by atoms with E-state index in [1.807, 2.05) is 26.0 Å². The molecule has 116 valence electrons. The minimum Gasteiger partial charge on any atom is -0.342 e. The van der Waals surface area contributed by atoms with E-state index < -0.39 is 10.0 Å². The van der Waals surface area contributed by atoms with E-state index in [0.29, 0.717) is 13.1 Å². The number of hydrogen-bond acceptors (Lipinski definition) is 4. The van der Waals surface area contributed by atoms with E-state index in [0.717, 1.165) is 5.69 Å². The largest absolute Gasteiger partial charge is 0.342 e. The lowest BCUT2D eigenvalue weighted by molar-refractivity contribution is -0.131. The number of carbonyl (C=O) groups excluding carboxylic acids is 1. The van der Waals surface area contributed by atoms with E-state index in [4.69, 9.17) is 5.14 Å². The predicted octanol–water partition coefficient (Wildman–Crippen LogP) is 0.568. The molecule has 2 heterocycles. The average Bonchev–Trinajstić information content (AvgIpc) is 2.77. The highest BCUT2D eigenvalue weighted by molar-refractivity contribution is 7.89. The molecule has 0 spiro atoms. The van der Waals surface area contributed by atoms with Crippen molar-refractivity contribution in [2.75, 3.05) is 18.8 Å². The van der Waals surface area contributed by atoms with Gasteiger partial charge in [0.15, 0.2) is 0 Å². The van der Waals surface area contributed by atoms with Crippen LogP contribution in [0.15, 0.2) is 24.4 Å². The molecule has 1 aromatic rings. The third kappa shape index (κ3) is 4.01. The first kappa shape index (κ1) is 15.9. The summed E-state index contributed by atoms with van der Waals surface area (Å²) in [5.74, 6) is -0.386. The van der Waals surface area contributed by atoms with Crippen LogP contribution in [-0.4, -0.2) is 43.1 Å². The highest BCUT2D eigenvalue weighted by Gasteiger charge is 2.36. The van der Waals surface area contributed by atoms with Crippen LogP contribution in [0.4, 0.5) is 0 Å². The minimum atomic E-state index is -3.51. The molecule has 0 bridgehead atoms. The van der Waals surface area contributed by atoms with E-state index in [9.17, 15) is 13.2 Å². The normalized spacial score (nSPS) is 24.0. The third-order valence-corrected chi connectivity index (χ3v) is 4.92. The monoisotopic (exact) mass is 311 g/mol. The quantitative estimate of drug-likeness (QED) is 0.879. The molecule has 6 nitrogen and oxygen atoms in total. The predicted molar refractivity (Wildman–Crippen MR) is 79.9 cm³/mol. The van der Waals surface area contributed by atoms with E-state index >= 15 is 0 Å². The molecule has 1 aromatic heterocycles. The van der Waals surface area contributed by atoms with Gasteiger partial charge in [-0.3, -0.25) is 9.78 Å². The Morgan fingerprint density at radius 3 is 2.76 bits per heavy atom. The van der Waals surface area contributed by atoms with Gasteiger partial charge >= 0.3 is 0 Å². The SMILES string of the molecule is CC(C(=O)N1C[C@@H](CS(N)(=O)=O)[C@H](C)C1)c1ccccn1. The summed E-state index contributed by atoms with van der Waals surface area (Å²) in [5, 5.41) is 5.11. The van der Waals surface area contributed by atoms with Crippen LogP contribution >= 0.6 is 0 Å². The topological polar surface area (TPSA) is 93.4 Å². The summed E-state index contributed by atoms with van der Waals surface area (Å²) in [6.45, 7) is 4.78. The fourth-order valence-corrected chi connectivity index (χ4v) is 3.79. The number of pyridine rings is 1. The number of nitrogens with zero attached hydrogens (tertiary/aromatic N) is 2. The smallest absolute Gasteiger partial charge is 0.231 e. The molecule has 0 aromatic carbocycles. The van der Waals surface area contributed by atoms with Crippen LogP contribution < -0.4 is 5.14 Å². The molecule has 7 heteroatoms. The fraction of sp³-hybridized carbons (Fsp3) is 0.571. The van der Waals surface area contributed by atoms with Gasteiger partial charge in [0.05, 0.1) is 17.4 Å². The lowest BCUT2D eigenvalue weighted by Gasteiger charge is -2.20. The van der Waals surface area contributed by atoms with Crippen molar-refractivity contribution in [3.63, 3.8) is 0 Å². The van der Waals surface area contributed by atoms with Crippen molar-refractivity contribution in [1.82, 2.24) is 9.88 Å². The Hall–Kier alpha value is -1.47. The number of hydrogen-bond donors (Lipinski definition) is 1. The molecule has 21 heavy (non-hydrogen) atoms. The second-order valence-corrected chi connectivity index (χ2v) is 7.45. The van der Waals surface area contributed by atoms with Gasteiger partial charge in [-0.15, -0.1) is 0 Å². The Kier molecular flexibility index (Phi) is 4.63. The highest BCUT2D eigenvalue weighted by Crippen LogP contribution is 2.27. The zero-order valence-corrected chi connectivity index (χ0v) is 13.1. The van der Waals surface area contributed by atoms with Gasteiger partial charge in [0.25, 0.3) is 0 Å². The summed E-state index contributed by atoms with van der Waals surface area (Å²) in [6.07, 6.45) is 1.66. The first-order valence-electron chi connectivity index (χ1n) is 6.98. The van der Waals surface area contributed by atoms with E-state index in [-0.39, 0.29) is 29.4 Å². The summed E-state index contributed by atoms with van der Waals surface area (Å²) in [4.78, 5) is 18.4. The molecular formula is C14H21N3O3S. The summed E-state index contributed by atoms with van der Waals surface area (Å²) in [6, 6.07) is 5.48. The van der Waals surface area contributed by atoms with Crippen molar-refractivity contribution in [2.45, 2.75) is 19.8 Å². The molecule has 2 rings (SSSR count). The number of nitrogens with two attached hydrogens (primary N) is 1. The Bertz CT molecular complexity index is 603. The molecule has 1 aliphatic rings. The van der Waals surface area contributed by atoms with Gasteiger partial charge in [0.2, 0.25) is 15.9 Å². The standard InChI is InChI=1S/C14H21N3O3S/c1-10-7-17(8-12(10)9-21(15,19)20)14(18)11(2)13-5-3-4-6-16-13/h3-6,10-12H,7-9H2,1-2H3,(H2,15,19,20)/t10-,11?,12+/m1/s1. The molecule has 0 saturated carbocycles. The lowest BCUT2D eigenvalue weighted by atomic mass is 10.0. The summed E-state index contributed by atoms with van der Waals surface area (Å²) in [5.41, 5.74) is 0.727. The molecule has 0 aliphatic carbocycles. The van der Waals surface area contributed by atoms with Crippen LogP contribution in [0.2, 0.25) is 0 Å². The Labute approximate surface area is 125 Å². The van der Waals surface area contributed by atoms with Crippen LogP contribution in [0.1, 0.15) is 25.5 Å². The number of likely N-dealkylation sites (tertiary alicyclic amines) is 1. The van der Waals surface area contributed by atoms with Crippen LogP contribution in [0.3, 0.4) is 0 Å². The zero-order chi connectivity index (χ0) is 15.6. The van der Waals surface area contributed by atoms with Gasteiger partial charge in [0, 0.05) is 19.3 Å². The maximum Gasteiger partial charge on any atom is 0.231 e. The second-order valence-electron chi connectivity index (χ2n) is 5.79. The van der Waals surface area contributed by atoms with Crippen LogP contribution in [0.5, 0.6) is 0 Å². The molecule has 1 unspecified atom stereocenters. The molecule has 2 N–H and O–H groups in total. The highest BCUT2D eigenvalue weighted by atomic mass is 32.2. The maximum atomic E-state index is 12.5. The van der Waals surface area contributed by atoms with E-state index in [1.165, 1.54) is 0 Å². The Morgan fingerprint density at radius 1 is 1.48 bits per heavy atom. The number of primary sulfonamides is 1. The van der Waals surface area contributed by atoms with Gasteiger partial charge in [-0.05, 0) is 30.9 Å². The van der Waals surface area contributed by atoms with Crippen LogP contribution in [0.25, 0.3) is 0 Å². The molecule has 1 amide bonds. The number of sulfonamides is 1. The molecular weight excluding hydrogens is 290 g/mol. The number of amides is 1. The third-order valence-electron chi connectivity index (χ3n) is 4.03. The van der Waals surface area contributed by atoms with Crippen molar-refractivity contribution >= 4 is 15.9 Å². The van der Waals surface area contributed by atoms with Gasteiger partial charge in [0.1, 0.15) is 0 Å². The van der Waals surface area contributed by atoms with Crippen molar-refractivity contribution in [3.8, 4) is 0 Å². The maximum absolute atomic E-state index is 12.5. The van der Waals surface area contributed by atoms with Gasteiger partial charge < -0.3 is 4.90 Å². The summed E-state index contributed by atoms with van der Waals surface area (Å²) >= 11 is 0. The Balaban J connectivity index is 2.05. The zero-order valence-electron chi connectivity index (χ0n) is 12.3. The number of aromatic nitrogens is 1. The minimum absolute atomic E-state index is 0.0162. The van der Waals surface area contributed by atoms with Crippen LogP contribution in [-0.2, 0) is 14.8 Å². The molecule has 1 aliphatic heterocycles. The molecule has 0 radical (unpaired) electrons. The molecule has 1 fully saturated rings. The molecule has 1 saturated heterocycles. The summed E-state index contributed by atoms with van der Waals surface area (Å²) in [7, 11) is -3.51. The first-order chi connectivity index (χ1) is 9.78. The number of carbonyl (C=O) groups is 1. The Morgan fingerprint density at radius 2 is 2.19 bits per heavy atom. The van der Waals surface area contributed by atoms with E-state index in [1.54, 1.807) is 17.2 Å². The fourth-order valence-electron chi connectivity index (χ4n) is 2.76. The number of rotatable bonds is 4. The van der Waals surface area contributed by atoms with Crippen LogP contribution in [0, 0.1) is 11.8 Å². The van der Waals surface area contributed by atoms with Gasteiger partial charge in [-0.25, -0.2) is 13.6 Å². The van der Waals surface area contributed by atoms with Crippen molar-refractivity contribution in [3.05, 3.63) is 30.1 Å². The summed E-state index contributed by atoms with van der Waals surface area (Å²) < 4.78 is 22.5.